The van der Waals surface area contributed by atoms with Gasteiger partial charge in [-0.1, -0.05) is 158 Å². The Morgan fingerprint density at radius 1 is 0.468 bits per heavy atom. The van der Waals surface area contributed by atoms with Crippen molar-refractivity contribution in [2.24, 2.45) is 9.98 Å². The maximum absolute atomic E-state index is 6.51. The molecule has 1 N–H and O–H groups in total. The Hall–Kier alpha value is -8.42. The van der Waals surface area contributed by atoms with Gasteiger partial charge in [0.15, 0.2) is 17.2 Å². The smallest absolute Gasteiger partial charge is 0.180 e. The summed E-state index contributed by atoms with van der Waals surface area (Å²) in [6, 6.07) is 71.2. The van der Waals surface area contributed by atoms with Crippen molar-refractivity contribution in [3.05, 3.63) is 223 Å². The number of aliphatic imine (C=N–C) groups is 2. The van der Waals surface area contributed by atoms with Crippen LogP contribution in [0.15, 0.2) is 221 Å². The molecule has 0 radical (unpaired) electrons. The van der Waals surface area contributed by atoms with E-state index in [4.69, 9.17) is 24.4 Å². The molecule has 4 heterocycles. The summed E-state index contributed by atoms with van der Waals surface area (Å²) in [5.74, 6) is 2.13. The van der Waals surface area contributed by atoms with Crippen molar-refractivity contribution in [1.82, 2.24) is 19.9 Å². The summed E-state index contributed by atoms with van der Waals surface area (Å²) in [6.45, 7) is 0. The molecule has 1 aliphatic rings. The van der Waals surface area contributed by atoms with Crippen LogP contribution < -0.4 is 5.32 Å². The van der Waals surface area contributed by atoms with Gasteiger partial charge >= 0.3 is 0 Å². The minimum absolute atomic E-state index is 0.254. The molecule has 7 heteroatoms. The van der Waals surface area contributed by atoms with E-state index in [1.54, 1.807) is 0 Å². The minimum atomic E-state index is -0.254. The number of hydrogen-bond donors (Lipinski definition) is 1. The SMILES string of the molecule is c1ccc(C2=NC(c3ccc(-c4ccc(-c5nc(-c6ccc7c(c6)c6ccccc6n7-c6ccccc6)nc6c5oc5ccccc56)cc4)cc3)=NC(c3ccccc3)N2)cc1. The van der Waals surface area contributed by atoms with Crippen LogP contribution in [-0.2, 0) is 0 Å². The molecular weight excluding hydrogens is 761 g/mol. The quantitative estimate of drug-likeness (QED) is 0.174. The van der Waals surface area contributed by atoms with E-state index >= 15 is 0 Å². The Morgan fingerprint density at radius 3 is 1.82 bits per heavy atom. The van der Waals surface area contributed by atoms with Crippen LogP contribution in [0.1, 0.15) is 22.9 Å². The lowest BCUT2D eigenvalue weighted by atomic mass is 10.0. The standard InChI is InChI=1S/C55H36N6O/c1-4-14-38(15-5-1)52-58-53(39-16-6-2-7-17-39)60-54(59-52)40-30-26-36(27-31-40)35-24-28-37(29-25-35)49-51-50(44-21-11-13-23-48(44)62-51)57-55(56-49)41-32-33-47-45(34-41)43-20-10-12-22-46(43)61(47)42-18-8-3-9-19-42/h1-34,52H,(H,58,59,60). The zero-order chi connectivity index (χ0) is 41.0. The number of furan rings is 1. The summed E-state index contributed by atoms with van der Waals surface area (Å²) >= 11 is 0. The molecule has 0 fully saturated rings. The first-order chi connectivity index (χ1) is 30.7. The summed E-state index contributed by atoms with van der Waals surface area (Å²) in [5, 5.41) is 6.82. The van der Waals surface area contributed by atoms with Crippen molar-refractivity contribution in [2.75, 3.05) is 0 Å². The van der Waals surface area contributed by atoms with Crippen LogP contribution in [-0.4, -0.2) is 26.2 Å². The van der Waals surface area contributed by atoms with E-state index in [-0.39, 0.29) is 6.17 Å². The molecule has 7 nitrogen and oxygen atoms in total. The first-order valence-electron chi connectivity index (χ1n) is 20.7. The second kappa shape index (κ2) is 14.7. The van der Waals surface area contributed by atoms with Crippen LogP contribution in [0.4, 0.5) is 0 Å². The van der Waals surface area contributed by atoms with E-state index in [1.165, 1.54) is 5.39 Å². The number of nitrogens with one attached hydrogen (secondary N) is 1. The molecule has 0 saturated heterocycles. The maximum Gasteiger partial charge on any atom is 0.180 e. The van der Waals surface area contributed by atoms with Gasteiger partial charge in [-0.25, -0.2) is 20.0 Å². The van der Waals surface area contributed by atoms with E-state index in [0.29, 0.717) is 17.2 Å². The summed E-state index contributed by atoms with van der Waals surface area (Å²) in [6.07, 6.45) is -0.254. The molecule has 1 atom stereocenters. The molecule has 8 aromatic carbocycles. The number of hydrogen-bond acceptors (Lipinski definition) is 6. The van der Waals surface area contributed by atoms with Gasteiger partial charge in [-0.3, -0.25) is 0 Å². The number of para-hydroxylation sites is 3. The summed E-state index contributed by atoms with van der Waals surface area (Å²) in [7, 11) is 0. The zero-order valence-corrected chi connectivity index (χ0v) is 33.4. The second-order valence-corrected chi connectivity index (χ2v) is 15.5. The molecule has 3 aromatic heterocycles. The maximum atomic E-state index is 6.51. The van der Waals surface area contributed by atoms with Gasteiger partial charge in [0.1, 0.15) is 28.8 Å². The second-order valence-electron chi connectivity index (χ2n) is 15.5. The van der Waals surface area contributed by atoms with E-state index in [1.807, 2.05) is 54.6 Å². The van der Waals surface area contributed by atoms with Gasteiger partial charge in [0.05, 0.1) is 11.0 Å². The number of aromatic nitrogens is 3. The van der Waals surface area contributed by atoms with Crippen molar-refractivity contribution in [2.45, 2.75) is 6.17 Å². The fourth-order valence-corrected chi connectivity index (χ4v) is 8.64. The number of fused-ring (bicyclic) bond motifs is 6. The number of benzene rings is 8. The zero-order valence-electron chi connectivity index (χ0n) is 33.4. The third kappa shape index (κ3) is 6.14. The van der Waals surface area contributed by atoms with Gasteiger partial charge in [-0.05, 0) is 65.2 Å². The lowest BCUT2D eigenvalue weighted by molar-refractivity contribution is 0.667. The van der Waals surface area contributed by atoms with Crippen LogP contribution in [0.25, 0.3) is 83.3 Å². The molecule has 0 aliphatic carbocycles. The highest BCUT2D eigenvalue weighted by Gasteiger charge is 2.22. The number of nitrogens with zero attached hydrogens (tertiary/aromatic N) is 5. The summed E-state index contributed by atoms with van der Waals surface area (Å²) in [5.41, 5.74) is 13.5. The monoisotopic (exact) mass is 796 g/mol. The number of amidine groups is 2. The lowest BCUT2D eigenvalue weighted by Gasteiger charge is -2.23. The first-order valence-corrected chi connectivity index (χ1v) is 20.7. The highest BCUT2D eigenvalue weighted by Crippen LogP contribution is 2.39. The van der Waals surface area contributed by atoms with Crippen LogP contribution >= 0.6 is 0 Å². The molecule has 11 aromatic rings. The van der Waals surface area contributed by atoms with Crippen molar-refractivity contribution in [3.8, 4) is 39.5 Å². The van der Waals surface area contributed by atoms with Gasteiger partial charge in [-0.15, -0.1) is 0 Å². The Kier molecular flexibility index (Phi) is 8.42. The summed E-state index contributed by atoms with van der Waals surface area (Å²) in [4.78, 5) is 20.5. The number of rotatable bonds is 7. The van der Waals surface area contributed by atoms with Crippen molar-refractivity contribution >= 4 is 55.5 Å². The van der Waals surface area contributed by atoms with Gasteiger partial charge in [0, 0.05) is 44.1 Å². The average Bonchev–Trinajstić information content (AvgIpc) is 3.90. The van der Waals surface area contributed by atoms with Gasteiger partial charge in [0.25, 0.3) is 0 Å². The molecule has 0 bridgehead atoms. The predicted molar refractivity (Wildman–Crippen MR) is 252 cm³/mol. The summed E-state index contributed by atoms with van der Waals surface area (Å²) < 4.78 is 8.83. The molecule has 1 unspecified atom stereocenters. The van der Waals surface area contributed by atoms with E-state index in [2.05, 4.69) is 162 Å². The highest BCUT2D eigenvalue weighted by atomic mass is 16.3. The topological polar surface area (TPSA) is 80.6 Å². The Balaban J connectivity index is 0.913. The molecule has 0 saturated carbocycles. The minimum Gasteiger partial charge on any atom is -0.452 e. The lowest BCUT2D eigenvalue weighted by Crippen LogP contribution is -2.33. The highest BCUT2D eigenvalue weighted by molar-refractivity contribution is 6.13. The van der Waals surface area contributed by atoms with Gasteiger partial charge < -0.3 is 14.3 Å². The fraction of sp³-hybridized carbons (Fsp3) is 0.0182. The van der Waals surface area contributed by atoms with Crippen molar-refractivity contribution < 1.29 is 4.42 Å². The van der Waals surface area contributed by atoms with Crippen molar-refractivity contribution in [1.29, 1.82) is 0 Å². The Bertz CT molecular complexity index is 3520. The normalized spacial score (nSPS) is 14.0. The Morgan fingerprint density at radius 2 is 1.06 bits per heavy atom. The largest absolute Gasteiger partial charge is 0.452 e. The molecule has 12 rings (SSSR count). The first kappa shape index (κ1) is 35.5. The van der Waals surface area contributed by atoms with E-state index in [9.17, 15) is 0 Å². The van der Waals surface area contributed by atoms with Gasteiger partial charge in [-0.2, -0.15) is 0 Å². The molecule has 0 amide bonds. The average molecular weight is 797 g/mol. The Labute approximate surface area is 357 Å². The third-order valence-electron chi connectivity index (χ3n) is 11.7. The van der Waals surface area contributed by atoms with Crippen LogP contribution in [0.3, 0.4) is 0 Å². The van der Waals surface area contributed by atoms with Crippen LogP contribution in [0.2, 0.25) is 0 Å². The van der Waals surface area contributed by atoms with Gasteiger partial charge in [0.2, 0.25) is 0 Å². The molecule has 292 valence electrons. The van der Waals surface area contributed by atoms with E-state index < -0.39 is 0 Å². The predicted octanol–water partition coefficient (Wildman–Crippen LogP) is 13.0. The molecule has 62 heavy (non-hydrogen) atoms. The van der Waals surface area contributed by atoms with Crippen molar-refractivity contribution in [3.63, 3.8) is 0 Å². The molecule has 1 aliphatic heterocycles. The van der Waals surface area contributed by atoms with E-state index in [0.717, 1.165) is 89.1 Å². The fourth-order valence-electron chi connectivity index (χ4n) is 8.64. The third-order valence-corrected chi connectivity index (χ3v) is 11.7. The van der Waals surface area contributed by atoms with Crippen LogP contribution in [0.5, 0.6) is 0 Å². The van der Waals surface area contributed by atoms with Crippen LogP contribution in [0, 0.1) is 0 Å². The molecular formula is C55H36N6O. The molecule has 0 spiro atoms.